The molecule has 0 aromatic heterocycles. The summed E-state index contributed by atoms with van der Waals surface area (Å²) in [6.07, 6.45) is 0.118. The lowest BCUT2D eigenvalue weighted by molar-refractivity contribution is -0.151. The second kappa shape index (κ2) is 4.52. The number of Topliss-reactive ketones (excluding diaryl/α,β-unsaturated/α-hetero) is 1. The van der Waals surface area contributed by atoms with Crippen molar-refractivity contribution < 1.29 is 24.5 Å². The number of rotatable bonds is 3. The van der Waals surface area contributed by atoms with Crippen molar-refractivity contribution in [3.63, 3.8) is 0 Å². The van der Waals surface area contributed by atoms with Crippen LogP contribution in [0.15, 0.2) is 23.8 Å². The number of ether oxygens (including phenoxy) is 1. The highest BCUT2D eigenvalue weighted by atomic mass is 16.5. The Balaban J connectivity index is 2.37. The number of ketones is 1. The molecular formula is C13H12O5. The second-order valence-electron chi connectivity index (χ2n) is 3.86. The quantitative estimate of drug-likeness (QED) is 0.623. The summed E-state index contributed by atoms with van der Waals surface area (Å²) in [6, 6.07) is 4.70. The molecule has 0 aliphatic heterocycles. The van der Waals surface area contributed by atoms with E-state index in [2.05, 4.69) is 4.74 Å². The van der Waals surface area contributed by atoms with Crippen molar-refractivity contribution in [1.82, 2.24) is 0 Å². The van der Waals surface area contributed by atoms with E-state index in [1.807, 2.05) is 0 Å². The van der Waals surface area contributed by atoms with E-state index >= 15 is 0 Å². The zero-order valence-corrected chi connectivity index (χ0v) is 9.77. The molecule has 2 rings (SSSR count). The third-order valence-electron chi connectivity index (χ3n) is 2.75. The highest BCUT2D eigenvalue weighted by molar-refractivity contribution is 6.42. The number of hydrogen-bond donors (Lipinski definition) is 2. The molecule has 0 atom stereocenters. The van der Waals surface area contributed by atoms with Crippen LogP contribution in [0.4, 0.5) is 0 Å². The van der Waals surface area contributed by atoms with E-state index in [1.54, 1.807) is 19.1 Å². The standard InChI is InChI=1S/C13H12O5/c1-2-18-13(17)12(16)8-6-7-4-3-5-9(14)10(7)11(8)15/h3-5,14-15H,2,6H2,1H3. The Morgan fingerprint density at radius 2 is 2.06 bits per heavy atom. The van der Waals surface area contributed by atoms with Gasteiger partial charge in [0.1, 0.15) is 11.5 Å². The van der Waals surface area contributed by atoms with Gasteiger partial charge in [0.05, 0.1) is 17.7 Å². The van der Waals surface area contributed by atoms with Crippen LogP contribution in [0.2, 0.25) is 0 Å². The molecule has 5 heteroatoms. The van der Waals surface area contributed by atoms with Gasteiger partial charge in [-0.2, -0.15) is 0 Å². The SMILES string of the molecule is CCOC(=O)C(=O)C1=C(O)c2c(O)cccc2C1. The van der Waals surface area contributed by atoms with Gasteiger partial charge in [-0.3, -0.25) is 4.79 Å². The van der Waals surface area contributed by atoms with Crippen LogP contribution < -0.4 is 0 Å². The van der Waals surface area contributed by atoms with E-state index in [9.17, 15) is 19.8 Å². The number of benzene rings is 1. The minimum atomic E-state index is -0.994. The fourth-order valence-electron chi connectivity index (χ4n) is 1.94. The molecule has 18 heavy (non-hydrogen) atoms. The van der Waals surface area contributed by atoms with Gasteiger partial charge in [0, 0.05) is 6.42 Å². The van der Waals surface area contributed by atoms with E-state index in [1.165, 1.54) is 6.07 Å². The Hall–Kier alpha value is -2.30. The van der Waals surface area contributed by atoms with E-state index in [0.29, 0.717) is 5.56 Å². The van der Waals surface area contributed by atoms with Crippen molar-refractivity contribution in [2.75, 3.05) is 6.61 Å². The highest BCUT2D eigenvalue weighted by Gasteiger charge is 2.32. The molecule has 1 aromatic carbocycles. The monoisotopic (exact) mass is 248 g/mol. The molecular weight excluding hydrogens is 236 g/mol. The van der Waals surface area contributed by atoms with Crippen LogP contribution in [0.25, 0.3) is 5.76 Å². The Labute approximate surface area is 103 Å². The molecule has 0 unspecified atom stereocenters. The maximum Gasteiger partial charge on any atom is 0.379 e. The van der Waals surface area contributed by atoms with E-state index in [4.69, 9.17) is 0 Å². The van der Waals surface area contributed by atoms with Crippen LogP contribution in [0.3, 0.4) is 0 Å². The summed E-state index contributed by atoms with van der Waals surface area (Å²) in [4.78, 5) is 23.1. The number of phenolic OH excluding ortho intramolecular Hbond substituents is 1. The molecule has 1 aliphatic carbocycles. The lowest BCUT2D eigenvalue weighted by atomic mass is 10.1. The first-order valence-electron chi connectivity index (χ1n) is 5.51. The minimum absolute atomic E-state index is 0.0371. The van der Waals surface area contributed by atoms with Crippen LogP contribution in [0, 0.1) is 0 Å². The Morgan fingerprint density at radius 3 is 2.67 bits per heavy atom. The molecule has 0 amide bonds. The summed E-state index contributed by atoms with van der Waals surface area (Å²) >= 11 is 0. The summed E-state index contributed by atoms with van der Waals surface area (Å²) in [7, 11) is 0. The molecule has 1 aliphatic rings. The number of fused-ring (bicyclic) bond motifs is 1. The molecule has 0 saturated carbocycles. The van der Waals surface area contributed by atoms with Crippen LogP contribution in [-0.4, -0.2) is 28.6 Å². The first kappa shape index (κ1) is 12.2. The predicted octanol–water partition coefficient (Wildman–Crippen LogP) is 1.35. The number of carbonyl (C=O) groups is 2. The maximum atomic E-state index is 11.8. The first-order valence-corrected chi connectivity index (χ1v) is 5.51. The van der Waals surface area contributed by atoms with Crippen LogP contribution in [0.5, 0.6) is 5.75 Å². The van der Waals surface area contributed by atoms with Crippen molar-refractivity contribution in [3.8, 4) is 5.75 Å². The maximum absolute atomic E-state index is 11.8. The summed E-state index contributed by atoms with van der Waals surface area (Å²) in [5.41, 5.74) is 0.787. The van der Waals surface area contributed by atoms with Crippen molar-refractivity contribution >= 4 is 17.5 Å². The Bertz CT molecular complexity index is 557. The van der Waals surface area contributed by atoms with Gasteiger partial charge in [-0.25, -0.2) is 4.79 Å². The molecule has 0 radical (unpaired) electrons. The molecule has 1 aromatic rings. The van der Waals surface area contributed by atoms with Gasteiger partial charge in [-0.15, -0.1) is 0 Å². The molecule has 2 N–H and O–H groups in total. The van der Waals surface area contributed by atoms with Gasteiger partial charge >= 0.3 is 5.97 Å². The highest BCUT2D eigenvalue weighted by Crippen LogP contribution is 2.37. The van der Waals surface area contributed by atoms with Crippen LogP contribution in [-0.2, 0) is 20.7 Å². The smallest absolute Gasteiger partial charge is 0.379 e. The van der Waals surface area contributed by atoms with Crippen LogP contribution in [0.1, 0.15) is 18.1 Å². The van der Waals surface area contributed by atoms with Crippen molar-refractivity contribution in [1.29, 1.82) is 0 Å². The fraction of sp³-hybridized carbons (Fsp3) is 0.231. The van der Waals surface area contributed by atoms with Gasteiger partial charge in [0.25, 0.3) is 5.78 Å². The fourth-order valence-corrected chi connectivity index (χ4v) is 1.94. The lowest BCUT2D eigenvalue weighted by Gasteiger charge is -2.02. The average Bonchev–Trinajstić information content (AvgIpc) is 2.67. The van der Waals surface area contributed by atoms with E-state index < -0.39 is 11.8 Å². The summed E-state index contributed by atoms with van der Waals surface area (Å²) in [6.45, 7) is 1.69. The third-order valence-corrected chi connectivity index (χ3v) is 2.75. The van der Waals surface area contributed by atoms with E-state index in [-0.39, 0.29) is 35.7 Å². The molecule has 94 valence electrons. The van der Waals surface area contributed by atoms with Gasteiger partial charge in [0.15, 0.2) is 0 Å². The van der Waals surface area contributed by atoms with Crippen molar-refractivity contribution in [2.24, 2.45) is 0 Å². The second-order valence-corrected chi connectivity index (χ2v) is 3.86. The predicted molar refractivity (Wildman–Crippen MR) is 63.0 cm³/mol. The number of carbonyl (C=O) groups excluding carboxylic acids is 2. The van der Waals surface area contributed by atoms with Gasteiger partial charge in [-0.1, -0.05) is 12.1 Å². The molecule has 5 nitrogen and oxygen atoms in total. The Kier molecular flexibility index (Phi) is 3.06. The molecule has 0 heterocycles. The summed E-state index contributed by atoms with van der Waals surface area (Å²) in [5.74, 6) is -2.32. The van der Waals surface area contributed by atoms with Gasteiger partial charge in [-0.05, 0) is 18.6 Å². The lowest BCUT2D eigenvalue weighted by Crippen LogP contribution is -2.20. The minimum Gasteiger partial charge on any atom is -0.507 e. The normalized spacial score (nSPS) is 13.4. The molecule has 0 saturated heterocycles. The molecule has 0 fully saturated rings. The topological polar surface area (TPSA) is 83.8 Å². The van der Waals surface area contributed by atoms with Crippen LogP contribution >= 0.6 is 0 Å². The van der Waals surface area contributed by atoms with Crippen molar-refractivity contribution in [3.05, 3.63) is 34.9 Å². The largest absolute Gasteiger partial charge is 0.507 e. The van der Waals surface area contributed by atoms with Gasteiger partial charge in [0.2, 0.25) is 0 Å². The molecule has 0 spiro atoms. The summed E-state index contributed by atoms with van der Waals surface area (Å²) in [5, 5.41) is 19.5. The molecule has 0 bridgehead atoms. The third kappa shape index (κ3) is 1.84. The van der Waals surface area contributed by atoms with Crippen molar-refractivity contribution in [2.45, 2.75) is 13.3 Å². The number of hydrogen-bond acceptors (Lipinski definition) is 5. The Morgan fingerprint density at radius 1 is 1.33 bits per heavy atom. The summed E-state index contributed by atoms with van der Waals surface area (Å²) < 4.78 is 4.60. The average molecular weight is 248 g/mol. The number of aromatic hydroxyl groups is 1. The first-order chi connectivity index (χ1) is 8.56. The number of aliphatic hydroxyl groups excluding tert-OH is 1. The zero-order chi connectivity index (χ0) is 13.3. The number of esters is 1. The number of aliphatic hydroxyl groups is 1. The van der Waals surface area contributed by atoms with E-state index in [0.717, 1.165) is 0 Å². The van der Waals surface area contributed by atoms with Gasteiger partial charge < -0.3 is 14.9 Å². The number of phenols is 1. The zero-order valence-electron chi connectivity index (χ0n) is 9.77.